The van der Waals surface area contributed by atoms with Crippen LogP contribution in [0.25, 0.3) is 0 Å². The van der Waals surface area contributed by atoms with Gasteiger partial charge in [0.05, 0.1) is 5.92 Å². The van der Waals surface area contributed by atoms with Crippen molar-refractivity contribution in [2.45, 2.75) is 31.7 Å². The zero-order valence-electron chi connectivity index (χ0n) is 6.32. The van der Waals surface area contributed by atoms with E-state index in [9.17, 15) is 4.79 Å². The molecular formula is C7H14ClNO2. The zero-order chi connectivity index (χ0) is 7.56. The average Bonchev–Trinajstić information content (AvgIpc) is 1.88. The molecule has 1 rings (SSSR count). The summed E-state index contributed by atoms with van der Waals surface area (Å²) in [5, 5.41) is 8.63. The molecule has 0 saturated heterocycles. The van der Waals surface area contributed by atoms with Crippen molar-refractivity contribution < 1.29 is 9.90 Å². The van der Waals surface area contributed by atoms with Gasteiger partial charge in [0.25, 0.3) is 0 Å². The van der Waals surface area contributed by atoms with Crippen LogP contribution in [0.3, 0.4) is 0 Å². The first kappa shape index (κ1) is 10.7. The standard InChI is InChI=1S/C7H13NO2.ClH/c8-6-4-2-1-3-5(6)7(9)10;/h5-6H,1-4,8H2,(H,9,10);1H/t5-,6+;/m0./s1. The van der Waals surface area contributed by atoms with Gasteiger partial charge in [-0.3, -0.25) is 4.79 Å². The van der Waals surface area contributed by atoms with Gasteiger partial charge in [-0.05, 0) is 12.8 Å². The molecule has 0 aromatic carbocycles. The molecule has 0 unspecified atom stereocenters. The lowest BCUT2D eigenvalue weighted by molar-refractivity contribution is -0.143. The van der Waals surface area contributed by atoms with Crippen LogP contribution in [0.5, 0.6) is 0 Å². The van der Waals surface area contributed by atoms with Crippen LogP contribution >= 0.6 is 12.4 Å². The fourth-order valence-corrected chi connectivity index (χ4v) is 1.47. The molecular weight excluding hydrogens is 166 g/mol. The molecule has 2 atom stereocenters. The van der Waals surface area contributed by atoms with Crippen LogP contribution in [0.4, 0.5) is 0 Å². The Hall–Kier alpha value is -0.280. The molecule has 0 aromatic heterocycles. The molecule has 0 aliphatic heterocycles. The second-order valence-corrected chi connectivity index (χ2v) is 2.89. The Bertz CT molecular complexity index is 140. The van der Waals surface area contributed by atoms with Crippen molar-refractivity contribution in [3.05, 3.63) is 0 Å². The summed E-state index contributed by atoms with van der Waals surface area (Å²) in [5.41, 5.74) is 5.60. The van der Waals surface area contributed by atoms with Crippen molar-refractivity contribution in [1.82, 2.24) is 0 Å². The predicted octanol–water partition coefficient (Wildman–Crippen LogP) is 1.01. The van der Waals surface area contributed by atoms with Gasteiger partial charge < -0.3 is 10.8 Å². The van der Waals surface area contributed by atoms with Crippen molar-refractivity contribution in [3.8, 4) is 0 Å². The maximum absolute atomic E-state index is 10.5. The van der Waals surface area contributed by atoms with Gasteiger partial charge in [0.1, 0.15) is 0 Å². The molecule has 1 aliphatic rings. The minimum absolute atomic E-state index is 0. The van der Waals surface area contributed by atoms with E-state index in [4.69, 9.17) is 10.8 Å². The molecule has 3 N–H and O–H groups in total. The van der Waals surface area contributed by atoms with Crippen molar-refractivity contribution in [3.63, 3.8) is 0 Å². The first-order valence-electron chi connectivity index (χ1n) is 3.70. The van der Waals surface area contributed by atoms with E-state index in [0.29, 0.717) is 0 Å². The van der Waals surface area contributed by atoms with Crippen LogP contribution in [-0.2, 0) is 4.79 Å². The number of carboxylic acids is 1. The molecule has 1 saturated carbocycles. The minimum atomic E-state index is -0.729. The fraction of sp³-hybridized carbons (Fsp3) is 0.857. The molecule has 0 amide bonds. The molecule has 0 spiro atoms. The van der Waals surface area contributed by atoms with E-state index in [1.165, 1.54) is 0 Å². The van der Waals surface area contributed by atoms with Gasteiger partial charge in [-0.1, -0.05) is 12.8 Å². The van der Waals surface area contributed by atoms with E-state index in [1.807, 2.05) is 0 Å². The van der Waals surface area contributed by atoms with E-state index in [-0.39, 0.29) is 24.4 Å². The predicted molar refractivity (Wildman–Crippen MR) is 44.8 cm³/mol. The smallest absolute Gasteiger partial charge is 0.308 e. The maximum atomic E-state index is 10.5. The third-order valence-corrected chi connectivity index (χ3v) is 2.14. The van der Waals surface area contributed by atoms with E-state index < -0.39 is 5.97 Å². The lowest BCUT2D eigenvalue weighted by Gasteiger charge is -2.24. The Balaban J connectivity index is 0.000001000. The Morgan fingerprint density at radius 2 is 1.91 bits per heavy atom. The highest BCUT2D eigenvalue weighted by Gasteiger charge is 2.27. The van der Waals surface area contributed by atoms with Crippen LogP contribution in [-0.4, -0.2) is 17.1 Å². The number of carboxylic acid groups (broad SMARTS) is 1. The van der Waals surface area contributed by atoms with Crippen molar-refractivity contribution in [1.29, 1.82) is 0 Å². The highest BCUT2D eigenvalue weighted by Crippen LogP contribution is 2.22. The molecule has 4 heteroatoms. The summed E-state index contributed by atoms with van der Waals surface area (Å²) >= 11 is 0. The summed E-state index contributed by atoms with van der Waals surface area (Å²) < 4.78 is 0. The van der Waals surface area contributed by atoms with Crippen molar-refractivity contribution in [2.75, 3.05) is 0 Å². The molecule has 1 fully saturated rings. The first-order valence-corrected chi connectivity index (χ1v) is 3.70. The molecule has 3 nitrogen and oxygen atoms in total. The van der Waals surface area contributed by atoms with Crippen molar-refractivity contribution >= 4 is 18.4 Å². The third kappa shape index (κ3) is 2.67. The SMILES string of the molecule is Cl.N[C@@H]1CCCC[C@@H]1C(=O)O. The Morgan fingerprint density at radius 1 is 1.36 bits per heavy atom. The number of nitrogens with two attached hydrogens (primary N) is 1. The minimum Gasteiger partial charge on any atom is -0.481 e. The Morgan fingerprint density at radius 3 is 2.27 bits per heavy atom. The molecule has 0 bridgehead atoms. The first-order chi connectivity index (χ1) is 4.72. The fourth-order valence-electron chi connectivity index (χ4n) is 1.47. The molecule has 11 heavy (non-hydrogen) atoms. The van der Waals surface area contributed by atoms with Crippen LogP contribution in [0.1, 0.15) is 25.7 Å². The molecule has 66 valence electrons. The van der Waals surface area contributed by atoms with Crippen LogP contribution in [0.15, 0.2) is 0 Å². The highest BCUT2D eigenvalue weighted by molar-refractivity contribution is 5.85. The monoisotopic (exact) mass is 179 g/mol. The van der Waals surface area contributed by atoms with Gasteiger partial charge in [-0.2, -0.15) is 0 Å². The second kappa shape index (κ2) is 4.57. The number of halogens is 1. The van der Waals surface area contributed by atoms with E-state index >= 15 is 0 Å². The van der Waals surface area contributed by atoms with Gasteiger partial charge in [0.15, 0.2) is 0 Å². The lowest BCUT2D eigenvalue weighted by atomic mass is 9.85. The van der Waals surface area contributed by atoms with Gasteiger partial charge in [-0.25, -0.2) is 0 Å². The number of rotatable bonds is 1. The second-order valence-electron chi connectivity index (χ2n) is 2.89. The van der Waals surface area contributed by atoms with Crippen molar-refractivity contribution in [2.24, 2.45) is 11.7 Å². The van der Waals surface area contributed by atoms with E-state index in [1.54, 1.807) is 0 Å². The Labute approximate surface area is 72.4 Å². The largest absolute Gasteiger partial charge is 0.481 e. The normalized spacial score (nSPS) is 30.6. The molecule has 0 heterocycles. The molecule has 1 aliphatic carbocycles. The summed E-state index contributed by atoms with van der Waals surface area (Å²) in [6, 6.07) is -0.105. The van der Waals surface area contributed by atoms with Crippen LogP contribution in [0.2, 0.25) is 0 Å². The van der Waals surface area contributed by atoms with Gasteiger partial charge in [-0.15, -0.1) is 12.4 Å². The van der Waals surface area contributed by atoms with Gasteiger partial charge >= 0.3 is 5.97 Å². The molecule has 0 aromatic rings. The highest BCUT2D eigenvalue weighted by atomic mass is 35.5. The number of hydrogen-bond donors (Lipinski definition) is 2. The summed E-state index contributed by atoms with van der Waals surface area (Å²) in [7, 11) is 0. The molecule has 0 radical (unpaired) electrons. The maximum Gasteiger partial charge on any atom is 0.308 e. The topological polar surface area (TPSA) is 63.3 Å². The van der Waals surface area contributed by atoms with Gasteiger partial charge in [0, 0.05) is 6.04 Å². The van der Waals surface area contributed by atoms with Gasteiger partial charge in [0.2, 0.25) is 0 Å². The summed E-state index contributed by atoms with van der Waals surface area (Å²) in [4.78, 5) is 10.5. The number of hydrogen-bond acceptors (Lipinski definition) is 2. The Kier molecular flexibility index (Phi) is 4.45. The summed E-state index contributed by atoms with van der Waals surface area (Å²) in [6.45, 7) is 0. The number of carbonyl (C=O) groups is 1. The van der Waals surface area contributed by atoms with Crippen LogP contribution < -0.4 is 5.73 Å². The third-order valence-electron chi connectivity index (χ3n) is 2.14. The number of aliphatic carboxylic acids is 1. The summed E-state index contributed by atoms with van der Waals surface area (Å²) in [6.07, 6.45) is 3.74. The zero-order valence-corrected chi connectivity index (χ0v) is 7.14. The average molecular weight is 180 g/mol. The van der Waals surface area contributed by atoms with Crippen LogP contribution in [0, 0.1) is 5.92 Å². The summed E-state index contributed by atoms with van der Waals surface area (Å²) in [5.74, 6) is -1.01. The van der Waals surface area contributed by atoms with E-state index in [2.05, 4.69) is 0 Å². The lowest BCUT2D eigenvalue weighted by Crippen LogP contribution is -2.37. The quantitative estimate of drug-likeness (QED) is 0.632. The van der Waals surface area contributed by atoms with E-state index in [0.717, 1.165) is 25.7 Å².